The molecule has 6 heteroatoms. The van der Waals surface area contributed by atoms with Crippen molar-refractivity contribution in [3.8, 4) is 0 Å². The monoisotopic (exact) mass is 364 g/mol. The quantitative estimate of drug-likeness (QED) is 0.757. The molecule has 1 saturated carbocycles. The van der Waals surface area contributed by atoms with Gasteiger partial charge in [-0.25, -0.2) is 4.68 Å². The van der Waals surface area contributed by atoms with E-state index in [-0.39, 0.29) is 24.1 Å². The van der Waals surface area contributed by atoms with E-state index in [4.69, 9.17) is 0 Å². The van der Waals surface area contributed by atoms with Crippen molar-refractivity contribution in [2.24, 2.45) is 0 Å². The number of aryl methyl sites for hydroxylation is 2. The SMILES string of the molecule is Cc1ccc(C(C)NC(=O)Cn2ncc3c(c(C)cn3C3CC3)c2=O)cc1. The molecule has 1 aromatic carbocycles. The maximum atomic E-state index is 12.8. The number of benzene rings is 1. The molecule has 27 heavy (non-hydrogen) atoms. The molecule has 140 valence electrons. The Morgan fingerprint density at radius 1 is 1.26 bits per heavy atom. The molecule has 1 N–H and O–H groups in total. The molecule has 0 bridgehead atoms. The predicted octanol–water partition coefficient (Wildman–Crippen LogP) is 3.03. The molecule has 6 nitrogen and oxygen atoms in total. The fourth-order valence-corrected chi connectivity index (χ4v) is 3.52. The fourth-order valence-electron chi connectivity index (χ4n) is 3.52. The summed E-state index contributed by atoms with van der Waals surface area (Å²) >= 11 is 0. The topological polar surface area (TPSA) is 68.9 Å². The van der Waals surface area contributed by atoms with Crippen molar-refractivity contribution in [2.45, 2.75) is 52.2 Å². The summed E-state index contributed by atoms with van der Waals surface area (Å²) in [5.74, 6) is -0.226. The van der Waals surface area contributed by atoms with Gasteiger partial charge in [-0.2, -0.15) is 5.10 Å². The highest BCUT2D eigenvalue weighted by Gasteiger charge is 2.26. The summed E-state index contributed by atoms with van der Waals surface area (Å²) in [5.41, 5.74) is 3.80. The molecule has 4 rings (SSSR count). The Morgan fingerprint density at radius 2 is 1.96 bits per heavy atom. The Balaban J connectivity index is 1.53. The Morgan fingerprint density at radius 3 is 2.63 bits per heavy atom. The first-order chi connectivity index (χ1) is 12.9. The minimum Gasteiger partial charge on any atom is -0.348 e. The van der Waals surface area contributed by atoms with Crippen LogP contribution in [0.15, 0.2) is 41.5 Å². The van der Waals surface area contributed by atoms with E-state index in [1.807, 2.05) is 51.2 Å². The third-order valence-corrected chi connectivity index (χ3v) is 5.22. The van der Waals surface area contributed by atoms with Crippen molar-refractivity contribution in [1.82, 2.24) is 19.7 Å². The lowest BCUT2D eigenvalue weighted by Crippen LogP contribution is -2.35. The van der Waals surface area contributed by atoms with Crippen LogP contribution >= 0.6 is 0 Å². The van der Waals surface area contributed by atoms with Gasteiger partial charge in [0.25, 0.3) is 5.56 Å². The Bertz CT molecular complexity index is 1060. The summed E-state index contributed by atoms with van der Waals surface area (Å²) in [4.78, 5) is 25.3. The smallest absolute Gasteiger partial charge is 0.276 e. The van der Waals surface area contributed by atoms with Crippen LogP contribution in [0.5, 0.6) is 0 Å². The molecule has 1 fully saturated rings. The van der Waals surface area contributed by atoms with Gasteiger partial charge in [0.1, 0.15) is 6.54 Å². The van der Waals surface area contributed by atoms with E-state index in [0.717, 1.165) is 29.5 Å². The lowest BCUT2D eigenvalue weighted by molar-refractivity contribution is -0.122. The van der Waals surface area contributed by atoms with Crippen molar-refractivity contribution in [3.05, 3.63) is 63.7 Å². The van der Waals surface area contributed by atoms with Gasteiger partial charge in [0, 0.05) is 12.2 Å². The molecule has 1 aliphatic rings. The van der Waals surface area contributed by atoms with Crippen molar-refractivity contribution in [1.29, 1.82) is 0 Å². The van der Waals surface area contributed by atoms with Crippen LogP contribution in [0.4, 0.5) is 0 Å². The van der Waals surface area contributed by atoms with Gasteiger partial charge in [0.2, 0.25) is 5.91 Å². The summed E-state index contributed by atoms with van der Waals surface area (Å²) in [6.07, 6.45) is 6.02. The van der Waals surface area contributed by atoms with Crippen molar-refractivity contribution < 1.29 is 4.79 Å². The van der Waals surface area contributed by atoms with Gasteiger partial charge < -0.3 is 9.88 Å². The summed E-state index contributed by atoms with van der Waals surface area (Å²) in [5, 5.41) is 7.85. The Hall–Kier alpha value is -2.89. The molecule has 1 amide bonds. The van der Waals surface area contributed by atoms with Gasteiger partial charge in [0.15, 0.2) is 0 Å². The van der Waals surface area contributed by atoms with Crippen LogP contribution in [-0.4, -0.2) is 20.3 Å². The standard InChI is InChI=1S/C21H24N4O2/c1-13-4-6-16(7-5-13)15(3)23-19(26)12-25-21(27)20-14(2)11-24(17-8-9-17)18(20)10-22-25/h4-7,10-11,15,17H,8-9,12H2,1-3H3,(H,23,26). The van der Waals surface area contributed by atoms with Gasteiger partial charge in [-0.15, -0.1) is 0 Å². The Labute approximate surface area is 157 Å². The van der Waals surface area contributed by atoms with Crippen molar-refractivity contribution in [2.75, 3.05) is 0 Å². The van der Waals surface area contributed by atoms with E-state index >= 15 is 0 Å². The van der Waals surface area contributed by atoms with Crippen LogP contribution in [0, 0.1) is 13.8 Å². The molecule has 0 radical (unpaired) electrons. The lowest BCUT2D eigenvalue weighted by atomic mass is 10.1. The van der Waals surface area contributed by atoms with Crippen LogP contribution in [0.2, 0.25) is 0 Å². The second kappa shape index (κ2) is 6.68. The highest BCUT2D eigenvalue weighted by Crippen LogP contribution is 2.37. The van der Waals surface area contributed by atoms with Crippen LogP contribution in [0.1, 0.15) is 48.5 Å². The summed E-state index contributed by atoms with van der Waals surface area (Å²) in [6, 6.07) is 8.39. The molecule has 2 heterocycles. The molecule has 1 aliphatic carbocycles. The first-order valence-electron chi connectivity index (χ1n) is 9.37. The highest BCUT2D eigenvalue weighted by molar-refractivity contribution is 5.83. The minimum atomic E-state index is -0.226. The van der Waals surface area contributed by atoms with Gasteiger partial charge in [-0.3, -0.25) is 9.59 Å². The minimum absolute atomic E-state index is 0.0843. The zero-order valence-corrected chi connectivity index (χ0v) is 15.9. The largest absolute Gasteiger partial charge is 0.348 e. The normalized spacial score (nSPS) is 15.1. The molecule has 1 unspecified atom stereocenters. The Kier molecular flexibility index (Phi) is 4.34. The number of aromatic nitrogens is 3. The maximum Gasteiger partial charge on any atom is 0.276 e. The molecule has 3 aromatic rings. The number of hydrogen-bond donors (Lipinski definition) is 1. The molecular formula is C21H24N4O2. The molecule has 0 spiro atoms. The van der Waals surface area contributed by atoms with Crippen LogP contribution in [0.25, 0.3) is 10.9 Å². The number of amides is 1. The molecular weight excluding hydrogens is 340 g/mol. The van der Waals surface area contributed by atoms with Gasteiger partial charge >= 0.3 is 0 Å². The summed E-state index contributed by atoms with van der Waals surface area (Å²) in [6.45, 7) is 5.81. The average Bonchev–Trinajstić information content (AvgIpc) is 3.41. The number of rotatable bonds is 5. The number of carbonyl (C=O) groups excluding carboxylic acids is 1. The molecule has 0 saturated heterocycles. The molecule has 0 aliphatic heterocycles. The first kappa shape index (κ1) is 17.5. The third-order valence-electron chi connectivity index (χ3n) is 5.22. The predicted molar refractivity (Wildman–Crippen MR) is 105 cm³/mol. The second-order valence-corrected chi connectivity index (χ2v) is 7.52. The van der Waals surface area contributed by atoms with E-state index in [9.17, 15) is 9.59 Å². The highest BCUT2D eigenvalue weighted by atomic mass is 16.2. The van der Waals surface area contributed by atoms with Gasteiger partial charge in [-0.1, -0.05) is 29.8 Å². The number of hydrogen-bond acceptors (Lipinski definition) is 3. The van der Waals surface area contributed by atoms with E-state index < -0.39 is 0 Å². The van der Waals surface area contributed by atoms with Crippen molar-refractivity contribution >= 4 is 16.8 Å². The number of carbonyl (C=O) groups is 1. The number of fused-ring (bicyclic) bond motifs is 1. The molecule has 1 atom stereocenters. The number of nitrogens with zero attached hydrogens (tertiary/aromatic N) is 3. The fraction of sp³-hybridized carbons (Fsp3) is 0.381. The second-order valence-electron chi connectivity index (χ2n) is 7.52. The van der Waals surface area contributed by atoms with Crippen LogP contribution in [-0.2, 0) is 11.3 Å². The summed E-state index contributed by atoms with van der Waals surface area (Å²) in [7, 11) is 0. The zero-order chi connectivity index (χ0) is 19.1. The van der Waals surface area contributed by atoms with Gasteiger partial charge in [-0.05, 0) is 44.7 Å². The van der Waals surface area contributed by atoms with E-state index in [0.29, 0.717) is 11.4 Å². The summed E-state index contributed by atoms with van der Waals surface area (Å²) < 4.78 is 3.40. The van der Waals surface area contributed by atoms with Crippen LogP contribution in [0.3, 0.4) is 0 Å². The first-order valence-corrected chi connectivity index (χ1v) is 9.37. The lowest BCUT2D eigenvalue weighted by Gasteiger charge is -2.15. The molecule has 2 aromatic heterocycles. The van der Waals surface area contributed by atoms with E-state index in [2.05, 4.69) is 15.0 Å². The van der Waals surface area contributed by atoms with E-state index in [1.165, 1.54) is 10.2 Å². The van der Waals surface area contributed by atoms with Crippen molar-refractivity contribution in [3.63, 3.8) is 0 Å². The number of nitrogens with one attached hydrogen (secondary N) is 1. The average molecular weight is 364 g/mol. The van der Waals surface area contributed by atoms with Gasteiger partial charge in [0.05, 0.1) is 23.1 Å². The van der Waals surface area contributed by atoms with E-state index in [1.54, 1.807) is 6.20 Å². The maximum absolute atomic E-state index is 12.8. The van der Waals surface area contributed by atoms with Crippen LogP contribution < -0.4 is 10.9 Å². The third kappa shape index (κ3) is 3.39. The zero-order valence-electron chi connectivity index (χ0n) is 15.9.